The molecule has 1 amide bonds. The first kappa shape index (κ1) is 14.3. The van der Waals surface area contributed by atoms with Crippen LogP contribution in [0.1, 0.15) is 51.9 Å². The quantitative estimate of drug-likeness (QED) is 0.859. The summed E-state index contributed by atoms with van der Waals surface area (Å²) in [6.45, 7) is 4.57. The normalized spacial score (nSPS) is 35.0. The van der Waals surface area contributed by atoms with Crippen molar-refractivity contribution in [2.75, 3.05) is 19.7 Å². The van der Waals surface area contributed by atoms with Crippen molar-refractivity contribution in [2.24, 2.45) is 5.92 Å². The lowest BCUT2D eigenvalue weighted by Crippen LogP contribution is -2.49. The minimum atomic E-state index is 0.0896. The maximum atomic E-state index is 12.6. The van der Waals surface area contributed by atoms with Gasteiger partial charge in [0.05, 0.1) is 12.1 Å². The zero-order valence-electron chi connectivity index (χ0n) is 12.6. The summed E-state index contributed by atoms with van der Waals surface area (Å²) in [5.41, 5.74) is 0. The highest BCUT2D eigenvalue weighted by molar-refractivity contribution is 5.82. The van der Waals surface area contributed by atoms with Crippen LogP contribution in [0.3, 0.4) is 0 Å². The van der Waals surface area contributed by atoms with Crippen LogP contribution in [-0.2, 0) is 9.53 Å². The molecule has 0 aromatic rings. The van der Waals surface area contributed by atoms with E-state index in [2.05, 4.69) is 10.2 Å². The number of amides is 1. The number of hydrogen-bond donors (Lipinski definition) is 1. The van der Waals surface area contributed by atoms with Gasteiger partial charge in [-0.1, -0.05) is 12.8 Å². The van der Waals surface area contributed by atoms with Gasteiger partial charge in [-0.05, 0) is 44.9 Å². The molecule has 1 N–H and O–H groups in total. The third-order valence-corrected chi connectivity index (χ3v) is 5.32. The third kappa shape index (κ3) is 3.01. The third-order valence-electron chi connectivity index (χ3n) is 5.32. The summed E-state index contributed by atoms with van der Waals surface area (Å²) in [4.78, 5) is 14.7. The molecule has 0 bridgehead atoms. The number of rotatable bonds is 3. The van der Waals surface area contributed by atoms with Crippen LogP contribution in [0.15, 0.2) is 0 Å². The smallest absolute Gasteiger partial charge is 0.239 e. The lowest BCUT2D eigenvalue weighted by molar-refractivity contribution is -0.135. The Kier molecular flexibility index (Phi) is 4.61. The number of carbonyl (C=O) groups is 1. The van der Waals surface area contributed by atoms with Gasteiger partial charge in [0.1, 0.15) is 0 Å². The fourth-order valence-electron chi connectivity index (χ4n) is 4.21. The molecule has 4 heteroatoms. The molecule has 3 aliphatic rings. The Labute approximate surface area is 122 Å². The van der Waals surface area contributed by atoms with E-state index in [9.17, 15) is 4.79 Å². The number of ether oxygens (including phenoxy) is 1. The van der Waals surface area contributed by atoms with Crippen molar-refractivity contribution in [3.8, 4) is 0 Å². The van der Waals surface area contributed by atoms with E-state index in [1.807, 2.05) is 6.92 Å². The van der Waals surface area contributed by atoms with Crippen LogP contribution in [0, 0.1) is 5.92 Å². The van der Waals surface area contributed by atoms with Crippen molar-refractivity contribution < 1.29 is 9.53 Å². The molecule has 0 radical (unpaired) electrons. The number of nitrogens with zero attached hydrogens (tertiary/aromatic N) is 1. The van der Waals surface area contributed by atoms with E-state index in [0.717, 1.165) is 44.9 Å². The average Bonchev–Trinajstić information content (AvgIpc) is 2.91. The summed E-state index contributed by atoms with van der Waals surface area (Å²) in [7, 11) is 0. The summed E-state index contributed by atoms with van der Waals surface area (Å²) < 4.78 is 5.66. The van der Waals surface area contributed by atoms with E-state index in [1.165, 1.54) is 25.7 Å². The number of nitrogens with one attached hydrogen (secondary N) is 1. The number of hydrogen-bond acceptors (Lipinski definition) is 3. The minimum Gasteiger partial charge on any atom is -0.378 e. The van der Waals surface area contributed by atoms with Gasteiger partial charge < -0.3 is 15.0 Å². The molecule has 0 aromatic heterocycles. The van der Waals surface area contributed by atoms with Crippen LogP contribution < -0.4 is 5.32 Å². The monoisotopic (exact) mass is 280 g/mol. The summed E-state index contributed by atoms with van der Waals surface area (Å²) >= 11 is 0. The molecular weight excluding hydrogens is 252 g/mol. The second kappa shape index (κ2) is 6.44. The van der Waals surface area contributed by atoms with Gasteiger partial charge in [-0.3, -0.25) is 4.79 Å². The lowest BCUT2D eigenvalue weighted by Gasteiger charge is -2.33. The second-order valence-corrected chi connectivity index (χ2v) is 6.59. The number of carbonyl (C=O) groups excluding carboxylic acids is 1. The van der Waals surface area contributed by atoms with Crippen LogP contribution >= 0.6 is 0 Å². The van der Waals surface area contributed by atoms with Gasteiger partial charge in [0.25, 0.3) is 0 Å². The summed E-state index contributed by atoms with van der Waals surface area (Å²) in [5, 5.41) is 3.60. The number of likely N-dealkylation sites (tertiary alicyclic amines) is 1. The highest BCUT2D eigenvalue weighted by atomic mass is 16.5. The van der Waals surface area contributed by atoms with Crippen molar-refractivity contribution in [1.29, 1.82) is 0 Å². The molecule has 3 fully saturated rings. The van der Waals surface area contributed by atoms with E-state index in [4.69, 9.17) is 4.74 Å². The van der Waals surface area contributed by atoms with Crippen LogP contribution in [0.5, 0.6) is 0 Å². The molecule has 3 atom stereocenters. The minimum absolute atomic E-state index is 0.0896. The second-order valence-electron chi connectivity index (χ2n) is 6.59. The predicted octanol–water partition coefficient (Wildman–Crippen LogP) is 1.93. The highest BCUT2D eigenvalue weighted by Gasteiger charge is 2.40. The molecule has 2 aliphatic heterocycles. The van der Waals surface area contributed by atoms with E-state index in [1.54, 1.807) is 0 Å². The summed E-state index contributed by atoms with van der Waals surface area (Å²) in [5.74, 6) is 1.09. The summed E-state index contributed by atoms with van der Waals surface area (Å²) in [6.07, 6.45) is 8.68. The molecular formula is C16H28N2O2. The first-order valence-electron chi connectivity index (χ1n) is 8.44. The molecule has 3 unspecified atom stereocenters. The molecule has 1 aliphatic carbocycles. The van der Waals surface area contributed by atoms with Gasteiger partial charge in [0.2, 0.25) is 5.91 Å². The Hall–Kier alpha value is -0.610. The van der Waals surface area contributed by atoms with Gasteiger partial charge in [0.15, 0.2) is 0 Å². The van der Waals surface area contributed by atoms with Gasteiger partial charge in [0, 0.05) is 25.7 Å². The zero-order chi connectivity index (χ0) is 13.9. The maximum absolute atomic E-state index is 12.6. The van der Waals surface area contributed by atoms with E-state index < -0.39 is 0 Å². The van der Waals surface area contributed by atoms with Gasteiger partial charge in [-0.2, -0.15) is 0 Å². The Balaban J connectivity index is 1.50. The average molecular weight is 280 g/mol. The van der Waals surface area contributed by atoms with Crippen molar-refractivity contribution in [3.63, 3.8) is 0 Å². The standard InChI is InChI=1S/C16H28N2O2/c1-2-20-13-7-9-18(10-8-13)16(19)15-11-12-5-3-4-6-14(12)17-15/h12-15,17H,2-11H2,1H3. The first-order chi connectivity index (χ1) is 9.78. The van der Waals surface area contributed by atoms with Crippen molar-refractivity contribution in [2.45, 2.75) is 70.1 Å². The van der Waals surface area contributed by atoms with E-state index >= 15 is 0 Å². The van der Waals surface area contributed by atoms with Crippen LogP contribution in [0.2, 0.25) is 0 Å². The molecule has 0 aromatic carbocycles. The van der Waals surface area contributed by atoms with Crippen LogP contribution in [0.4, 0.5) is 0 Å². The van der Waals surface area contributed by atoms with Gasteiger partial charge >= 0.3 is 0 Å². The zero-order valence-corrected chi connectivity index (χ0v) is 12.6. The molecule has 3 rings (SSSR count). The Morgan fingerprint density at radius 2 is 1.95 bits per heavy atom. The number of fused-ring (bicyclic) bond motifs is 1. The molecule has 114 valence electrons. The molecule has 4 nitrogen and oxygen atoms in total. The molecule has 1 saturated carbocycles. The molecule has 20 heavy (non-hydrogen) atoms. The predicted molar refractivity (Wildman–Crippen MR) is 78.5 cm³/mol. The van der Waals surface area contributed by atoms with Crippen LogP contribution in [0.25, 0.3) is 0 Å². The Morgan fingerprint density at radius 3 is 2.65 bits per heavy atom. The Bertz CT molecular complexity index is 325. The Morgan fingerprint density at radius 1 is 1.20 bits per heavy atom. The molecule has 2 saturated heterocycles. The van der Waals surface area contributed by atoms with Crippen molar-refractivity contribution in [1.82, 2.24) is 10.2 Å². The van der Waals surface area contributed by atoms with E-state index in [0.29, 0.717) is 18.1 Å². The van der Waals surface area contributed by atoms with E-state index in [-0.39, 0.29) is 6.04 Å². The van der Waals surface area contributed by atoms with Gasteiger partial charge in [-0.15, -0.1) is 0 Å². The topological polar surface area (TPSA) is 41.6 Å². The highest BCUT2D eigenvalue weighted by Crippen LogP contribution is 2.34. The lowest BCUT2D eigenvalue weighted by atomic mass is 9.85. The first-order valence-corrected chi connectivity index (χ1v) is 8.44. The summed E-state index contributed by atoms with van der Waals surface area (Å²) in [6, 6.07) is 0.699. The SMILES string of the molecule is CCOC1CCN(C(=O)C2CC3CCCCC3N2)CC1. The molecule has 0 spiro atoms. The fourth-order valence-corrected chi connectivity index (χ4v) is 4.21. The van der Waals surface area contributed by atoms with Crippen molar-refractivity contribution in [3.05, 3.63) is 0 Å². The number of piperidine rings is 1. The van der Waals surface area contributed by atoms with Crippen molar-refractivity contribution >= 4 is 5.91 Å². The molecule has 2 heterocycles. The van der Waals surface area contributed by atoms with Crippen LogP contribution in [-0.4, -0.2) is 48.7 Å². The fraction of sp³-hybridized carbons (Fsp3) is 0.938. The largest absolute Gasteiger partial charge is 0.378 e. The van der Waals surface area contributed by atoms with Gasteiger partial charge in [-0.25, -0.2) is 0 Å². The maximum Gasteiger partial charge on any atom is 0.239 e.